The molecule has 0 spiro atoms. The van der Waals surface area contributed by atoms with E-state index < -0.39 is 40.8 Å². The van der Waals surface area contributed by atoms with Gasteiger partial charge in [0.1, 0.15) is 17.4 Å². The van der Waals surface area contributed by atoms with E-state index in [1.54, 1.807) is 41.5 Å². The first kappa shape index (κ1) is 27.4. The molecule has 1 rings (SSSR count). The molecule has 1 aromatic rings. The number of carboxylic acids is 1. The molecule has 0 aliphatic rings. The molecule has 2 atom stereocenters. The number of carbonyl (C=O) groups excluding carboxylic acids is 2. The first-order valence-corrected chi connectivity index (χ1v) is 10.6. The number of amides is 1. The fourth-order valence-corrected chi connectivity index (χ4v) is 2.60. The molecule has 0 saturated heterocycles. The van der Waals surface area contributed by atoms with Crippen molar-refractivity contribution < 1.29 is 33.7 Å². The fourth-order valence-electron chi connectivity index (χ4n) is 2.60. The maximum Gasteiger partial charge on any atom is 0.408 e. The van der Waals surface area contributed by atoms with Crippen LogP contribution in [0.1, 0.15) is 72.7 Å². The van der Waals surface area contributed by atoms with Crippen molar-refractivity contribution in [2.24, 2.45) is 5.41 Å². The number of benzene rings is 1. The minimum absolute atomic E-state index is 0.0368. The molecule has 1 aromatic carbocycles. The van der Waals surface area contributed by atoms with Gasteiger partial charge in [0, 0.05) is 11.0 Å². The highest BCUT2D eigenvalue weighted by molar-refractivity contribution is 6.01. The zero-order valence-electron chi connectivity index (χ0n) is 20.6. The van der Waals surface area contributed by atoms with Gasteiger partial charge in [0.15, 0.2) is 11.9 Å². The Hall–Kier alpha value is -2.61. The van der Waals surface area contributed by atoms with Gasteiger partial charge in [-0.1, -0.05) is 20.8 Å². The molecule has 0 radical (unpaired) electrons. The molecule has 0 aliphatic heterocycles. The van der Waals surface area contributed by atoms with E-state index >= 15 is 0 Å². The number of alkyl carbamates (subject to hydrolysis) is 1. The van der Waals surface area contributed by atoms with Crippen molar-refractivity contribution in [1.82, 2.24) is 5.32 Å². The van der Waals surface area contributed by atoms with Gasteiger partial charge in [-0.2, -0.15) is 0 Å². The molecular weight excluding hydrogens is 414 g/mol. The third-order valence-corrected chi connectivity index (χ3v) is 4.09. The number of aliphatic carboxylic acids is 1. The third-order valence-electron chi connectivity index (χ3n) is 4.09. The van der Waals surface area contributed by atoms with E-state index in [0.29, 0.717) is 11.3 Å². The first-order valence-electron chi connectivity index (χ1n) is 10.6. The molecule has 8 nitrogen and oxygen atoms in total. The standard InChI is InChI=1S/C24H37NO7/c1-22(2,3)19(20(27)28)31-16-12-10-15(11-13-16)18(26)17(14-30-23(4,5)6)25-21(29)32-24(7,8)9/h10-13,17,19H,14H2,1-9H3,(H,25,29)(H,27,28)/t17?,19-/m1/s1. The number of hydrogen-bond donors (Lipinski definition) is 2. The van der Waals surface area contributed by atoms with Crippen molar-refractivity contribution in [2.45, 2.75) is 85.7 Å². The fraction of sp³-hybridized carbons (Fsp3) is 0.625. The predicted molar refractivity (Wildman–Crippen MR) is 121 cm³/mol. The largest absolute Gasteiger partial charge is 0.478 e. The first-order chi connectivity index (χ1) is 14.4. The Labute approximate surface area is 190 Å². The lowest BCUT2D eigenvalue weighted by atomic mass is 9.89. The molecule has 1 unspecified atom stereocenters. The van der Waals surface area contributed by atoms with E-state index in [2.05, 4.69) is 5.32 Å². The summed E-state index contributed by atoms with van der Waals surface area (Å²) in [6.07, 6.45) is -1.77. The van der Waals surface area contributed by atoms with Crippen molar-refractivity contribution >= 4 is 17.8 Å². The molecule has 1 amide bonds. The van der Waals surface area contributed by atoms with E-state index in [4.69, 9.17) is 14.2 Å². The van der Waals surface area contributed by atoms with Crippen molar-refractivity contribution in [3.63, 3.8) is 0 Å². The molecule has 0 saturated carbocycles. The van der Waals surface area contributed by atoms with E-state index in [-0.39, 0.29) is 12.4 Å². The number of ketones is 1. The van der Waals surface area contributed by atoms with Crippen molar-refractivity contribution in [2.75, 3.05) is 6.61 Å². The molecular formula is C24H37NO7. The van der Waals surface area contributed by atoms with Crippen LogP contribution < -0.4 is 10.1 Å². The zero-order chi connectivity index (χ0) is 24.9. The predicted octanol–water partition coefficient (Wildman–Crippen LogP) is 4.46. The van der Waals surface area contributed by atoms with Crippen LogP contribution in [-0.4, -0.2) is 52.9 Å². The smallest absolute Gasteiger partial charge is 0.408 e. The van der Waals surface area contributed by atoms with Crippen LogP contribution in [0.3, 0.4) is 0 Å². The van der Waals surface area contributed by atoms with Crippen LogP contribution in [0.15, 0.2) is 24.3 Å². The number of rotatable bonds is 8. The number of Topliss-reactive ketones (excluding diaryl/α,β-unsaturated/α-hetero) is 1. The molecule has 0 aliphatic carbocycles. The van der Waals surface area contributed by atoms with Gasteiger partial charge in [-0.15, -0.1) is 0 Å². The van der Waals surface area contributed by atoms with Crippen LogP contribution in [0.5, 0.6) is 5.75 Å². The monoisotopic (exact) mass is 451 g/mol. The van der Waals surface area contributed by atoms with Gasteiger partial charge in [-0.05, 0) is 65.8 Å². The van der Waals surface area contributed by atoms with Crippen LogP contribution in [0.25, 0.3) is 0 Å². The Morgan fingerprint density at radius 1 is 0.906 bits per heavy atom. The molecule has 180 valence electrons. The Balaban J connectivity index is 3.03. The minimum Gasteiger partial charge on any atom is -0.478 e. The second kappa shape index (κ2) is 10.3. The maximum absolute atomic E-state index is 13.1. The van der Waals surface area contributed by atoms with Gasteiger partial charge in [0.25, 0.3) is 0 Å². The summed E-state index contributed by atoms with van der Waals surface area (Å²) in [5.41, 5.74) is -1.52. The molecule has 0 bridgehead atoms. The van der Waals surface area contributed by atoms with Crippen molar-refractivity contribution in [3.8, 4) is 5.75 Å². The van der Waals surface area contributed by atoms with Crippen LogP contribution in [0, 0.1) is 5.41 Å². The second-order valence-electron chi connectivity index (χ2n) is 10.7. The highest BCUT2D eigenvalue weighted by Gasteiger charge is 2.33. The van der Waals surface area contributed by atoms with E-state index in [0.717, 1.165) is 0 Å². The number of ether oxygens (including phenoxy) is 3. The summed E-state index contributed by atoms with van der Waals surface area (Å²) in [6.45, 7) is 16.0. The average Bonchev–Trinajstić information content (AvgIpc) is 2.59. The molecule has 8 heteroatoms. The molecule has 2 N–H and O–H groups in total. The van der Waals surface area contributed by atoms with E-state index in [1.807, 2.05) is 20.8 Å². The lowest BCUT2D eigenvalue weighted by Gasteiger charge is -2.27. The molecule has 32 heavy (non-hydrogen) atoms. The summed E-state index contributed by atoms with van der Waals surface area (Å²) >= 11 is 0. The lowest BCUT2D eigenvalue weighted by Crippen LogP contribution is -2.47. The number of carboxylic acid groups (broad SMARTS) is 1. The lowest BCUT2D eigenvalue weighted by molar-refractivity contribution is -0.150. The van der Waals surface area contributed by atoms with Gasteiger partial charge >= 0.3 is 12.1 Å². The van der Waals surface area contributed by atoms with Crippen LogP contribution in [-0.2, 0) is 14.3 Å². The Kier molecular flexibility index (Phi) is 8.86. The number of carbonyl (C=O) groups is 3. The Morgan fingerprint density at radius 3 is 1.84 bits per heavy atom. The summed E-state index contributed by atoms with van der Waals surface area (Å²) in [5, 5.41) is 12.0. The van der Waals surface area contributed by atoms with Gasteiger partial charge < -0.3 is 24.6 Å². The third kappa shape index (κ3) is 9.68. The average molecular weight is 452 g/mol. The molecule has 0 heterocycles. The summed E-state index contributed by atoms with van der Waals surface area (Å²) in [6, 6.07) is 5.16. The Morgan fingerprint density at radius 2 is 1.44 bits per heavy atom. The van der Waals surface area contributed by atoms with Crippen molar-refractivity contribution in [1.29, 1.82) is 0 Å². The van der Waals surface area contributed by atoms with Crippen LogP contribution in [0.4, 0.5) is 4.79 Å². The van der Waals surface area contributed by atoms with E-state index in [9.17, 15) is 19.5 Å². The summed E-state index contributed by atoms with van der Waals surface area (Å²) < 4.78 is 16.6. The number of hydrogen-bond acceptors (Lipinski definition) is 6. The molecule has 0 fully saturated rings. The molecule has 0 aromatic heterocycles. The second-order valence-corrected chi connectivity index (χ2v) is 10.7. The van der Waals surface area contributed by atoms with Gasteiger partial charge in [-0.3, -0.25) is 4.79 Å². The zero-order valence-corrected chi connectivity index (χ0v) is 20.6. The summed E-state index contributed by atoms with van der Waals surface area (Å²) in [4.78, 5) is 36.8. The quantitative estimate of drug-likeness (QED) is 0.562. The maximum atomic E-state index is 13.1. The highest BCUT2D eigenvalue weighted by Crippen LogP contribution is 2.25. The topological polar surface area (TPSA) is 111 Å². The Bertz CT molecular complexity index is 796. The van der Waals surface area contributed by atoms with Crippen molar-refractivity contribution in [3.05, 3.63) is 29.8 Å². The summed E-state index contributed by atoms with van der Waals surface area (Å²) in [5.74, 6) is -1.11. The van der Waals surface area contributed by atoms with Gasteiger partial charge in [0.2, 0.25) is 0 Å². The van der Waals surface area contributed by atoms with Crippen LogP contribution in [0.2, 0.25) is 0 Å². The number of nitrogens with one attached hydrogen (secondary N) is 1. The van der Waals surface area contributed by atoms with E-state index in [1.165, 1.54) is 24.3 Å². The summed E-state index contributed by atoms with van der Waals surface area (Å²) in [7, 11) is 0. The van der Waals surface area contributed by atoms with Gasteiger partial charge in [-0.25, -0.2) is 9.59 Å². The normalized spacial score (nSPS) is 14.3. The highest BCUT2D eigenvalue weighted by atomic mass is 16.6. The van der Waals surface area contributed by atoms with Crippen LogP contribution >= 0.6 is 0 Å². The minimum atomic E-state index is -1.07. The SMILES string of the molecule is CC(C)(C)OCC(NC(=O)OC(C)(C)C)C(=O)c1ccc(O[C@H](C(=O)O)C(C)(C)C)cc1. The van der Waals surface area contributed by atoms with Gasteiger partial charge in [0.05, 0.1) is 12.2 Å².